The summed E-state index contributed by atoms with van der Waals surface area (Å²) in [6.45, 7) is 6.36. The Morgan fingerprint density at radius 1 is 1.00 bits per heavy atom. The third-order valence-electron chi connectivity index (χ3n) is 4.38. The van der Waals surface area contributed by atoms with E-state index in [1.807, 2.05) is 29.2 Å². The van der Waals surface area contributed by atoms with E-state index in [4.69, 9.17) is 5.41 Å². The van der Waals surface area contributed by atoms with E-state index in [2.05, 4.69) is 68.6 Å². The van der Waals surface area contributed by atoms with Crippen LogP contribution in [0.1, 0.15) is 26.3 Å². The van der Waals surface area contributed by atoms with E-state index >= 15 is 0 Å². The molecule has 3 aromatic rings. The topological polar surface area (TPSA) is 39.1 Å². The molecule has 0 amide bonds. The van der Waals surface area contributed by atoms with Gasteiger partial charge in [0, 0.05) is 17.1 Å². The second kappa shape index (κ2) is 7.39. The molecular weight excluding hydrogens is 306 g/mol. The van der Waals surface area contributed by atoms with Gasteiger partial charge in [0.1, 0.15) is 0 Å². The summed E-state index contributed by atoms with van der Waals surface area (Å²) in [5.41, 5.74) is 3.27. The van der Waals surface area contributed by atoms with Crippen LogP contribution in [0.2, 0.25) is 0 Å². The minimum absolute atomic E-state index is 0.167. The Bertz CT molecular complexity index is 878. The predicted molar refractivity (Wildman–Crippen MR) is 109 cm³/mol. The quantitative estimate of drug-likeness (QED) is 0.478. The van der Waals surface area contributed by atoms with Crippen LogP contribution in [0.3, 0.4) is 0 Å². The van der Waals surface area contributed by atoms with E-state index in [9.17, 15) is 0 Å². The fraction of sp³-hybridized carbons (Fsp3) is 0.227. The molecule has 3 heteroatoms. The Morgan fingerprint density at radius 2 is 1.72 bits per heavy atom. The number of guanidine groups is 1. The lowest BCUT2D eigenvalue weighted by molar-refractivity contribution is 0.805. The molecule has 0 fully saturated rings. The van der Waals surface area contributed by atoms with Crippen LogP contribution < -0.4 is 10.2 Å². The first-order valence-corrected chi connectivity index (χ1v) is 8.81. The highest BCUT2D eigenvalue weighted by Gasteiger charge is 2.18. The van der Waals surface area contributed by atoms with Crippen LogP contribution in [0.15, 0.2) is 66.7 Å². The smallest absolute Gasteiger partial charge is 0.200 e. The van der Waals surface area contributed by atoms with Crippen molar-refractivity contribution in [3.05, 3.63) is 72.3 Å². The molecule has 0 bridgehead atoms. The summed E-state index contributed by atoms with van der Waals surface area (Å²) in [6.07, 6.45) is 0.986. The zero-order valence-electron chi connectivity index (χ0n) is 15.1. The van der Waals surface area contributed by atoms with Crippen molar-refractivity contribution in [2.75, 3.05) is 10.2 Å². The number of aryl methyl sites for hydroxylation is 1. The van der Waals surface area contributed by atoms with Gasteiger partial charge in [-0.2, -0.15) is 0 Å². The predicted octanol–water partition coefficient (Wildman–Crippen LogP) is 5.66. The van der Waals surface area contributed by atoms with Gasteiger partial charge >= 0.3 is 0 Å². The van der Waals surface area contributed by atoms with Crippen molar-refractivity contribution in [2.45, 2.75) is 33.2 Å². The maximum atomic E-state index is 8.67. The van der Waals surface area contributed by atoms with Gasteiger partial charge in [0.05, 0.1) is 5.69 Å². The lowest BCUT2D eigenvalue weighted by Gasteiger charge is -2.30. The highest BCUT2D eigenvalue weighted by atomic mass is 15.3. The number of benzene rings is 3. The molecule has 0 aliphatic heterocycles. The van der Waals surface area contributed by atoms with Crippen LogP contribution >= 0.6 is 0 Å². The Morgan fingerprint density at radius 3 is 2.48 bits per heavy atom. The van der Waals surface area contributed by atoms with E-state index in [1.54, 1.807) is 0 Å². The monoisotopic (exact) mass is 331 g/mol. The van der Waals surface area contributed by atoms with Crippen molar-refractivity contribution in [2.24, 2.45) is 0 Å². The number of nitrogens with one attached hydrogen (secondary N) is 2. The number of hydrogen-bond acceptors (Lipinski definition) is 1. The van der Waals surface area contributed by atoms with Crippen LogP contribution in [-0.4, -0.2) is 12.0 Å². The lowest BCUT2D eigenvalue weighted by Crippen LogP contribution is -2.41. The Kier molecular flexibility index (Phi) is 5.03. The second-order valence-corrected chi connectivity index (χ2v) is 6.49. The summed E-state index contributed by atoms with van der Waals surface area (Å²) in [4.78, 5) is 2.04. The van der Waals surface area contributed by atoms with Crippen LogP contribution in [0.5, 0.6) is 0 Å². The molecule has 25 heavy (non-hydrogen) atoms. The molecule has 0 radical (unpaired) electrons. The standard InChI is InChI=1S/C22H25N3/c1-4-17-9-7-12-19(15-17)24-22(23)25(16(2)3)21-14-8-11-18-10-5-6-13-20(18)21/h5-16H,4H2,1-3H3,(H2,23,24). The summed E-state index contributed by atoms with van der Waals surface area (Å²) in [6, 6.07) is 23.0. The van der Waals surface area contributed by atoms with Gasteiger partial charge in [-0.1, -0.05) is 55.5 Å². The van der Waals surface area contributed by atoms with Gasteiger partial charge in [-0.05, 0) is 49.4 Å². The second-order valence-electron chi connectivity index (χ2n) is 6.49. The molecule has 3 aromatic carbocycles. The van der Waals surface area contributed by atoms with Gasteiger partial charge in [-0.15, -0.1) is 0 Å². The molecule has 0 unspecified atom stereocenters. The van der Waals surface area contributed by atoms with Crippen LogP contribution in [0, 0.1) is 5.41 Å². The number of fused-ring (bicyclic) bond motifs is 1. The summed E-state index contributed by atoms with van der Waals surface area (Å²) < 4.78 is 0. The molecule has 0 atom stereocenters. The molecule has 0 aliphatic carbocycles. The van der Waals surface area contributed by atoms with Gasteiger partial charge in [-0.25, -0.2) is 0 Å². The third-order valence-corrected chi connectivity index (χ3v) is 4.38. The molecule has 128 valence electrons. The van der Waals surface area contributed by atoms with E-state index in [0.717, 1.165) is 23.2 Å². The zero-order chi connectivity index (χ0) is 17.8. The SMILES string of the molecule is CCc1cccc(NC(=N)N(c2cccc3ccccc23)C(C)C)c1. The normalized spacial score (nSPS) is 10.9. The zero-order valence-corrected chi connectivity index (χ0v) is 15.1. The van der Waals surface area contributed by atoms with Gasteiger partial charge in [0.2, 0.25) is 0 Å². The molecule has 3 rings (SSSR count). The van der Waals surface area contributed by atoms with Crippen molar-refractivity contribution in [1.82, 2.24) is 0 Å². The molecule has 3 nitrogen and oxygen atoms in total. The average Bonchev–Trinajstić information content (AvgIpc) is 2.62. The molecule has 0 spiro atoms. The molecular formula is C22H25N3. The minimum atomic E-state index is 0.167. The highest BCUT2D eigenvalue weighted by Crippen LogP contribution is 2.28. The van der Waals surface area contributed by atoms with Gasteiger partial charge in [0.15, 0.2) is 5.96 Å². The van der Waals surface area contributed by atoms with Crippen molar-refractivity contribution < 1.29 is 0 Å². The molecule has 0 saturated carbocycles. The number of hydrogen-bond donors (Lipinski definition) is 2. The van der Waals surface area contributed by atoms with Gasteiger partial charge in [0.25, 0.3) is 0 Å². The van der Waals surface area contributed by atoms with Crippen LogP contribution in [0.4, 0.5) is 11.4 Å². The maximum Gasteiger partial charge on any atom is 0.200 e. The van der Waals surface area contributed by atoms with Crippen molar-refractivity contribution in [3.8, 4) is 0 Å². The summed E-state index contributed by atoms with van der Waals surface area (Å²) in [7, 11) is 0. The fourth-order valence-corrected chi connectivity index (χ4v) is 3.14. The Hall–Kier alpha value is -2.81. The van der Waals surface area contributed by atoms with E-state index in [1.165, 1.54) is 10.9 Å². The van der Waals surface area contributed by atoms with Crippen molar-refractivity contribution in [1.29, 1.82) is 5.41 Å². The average molecular weight is 331 g/mol. The lowest BCUT2D eigenvalue weighted by atomic mass is 10.1. The summed E-state index contributed by atoms with van der Waals surface area (Å²) in [5.74, 6) is 0.389. The Labute approximate surface area is 149 Å². The van der Waals surface area contributed by atoms with Crippen LogP contribution in [0.25, 0.3) is 10.8 Å². The first-order valence-electron chi connectivity index (χ1n) is 8.81. The van der Waals surface area contributed by atoms with Crippen molar-refractivity contribution >= 4 is 28.1 Å². The third kappa shape index (κ3) is 3.66. The van der Waals surface area contributed by atoms with Crippen LogP contribution in [-0.2, 0) is 6.42 Å². The van der Waals surface area contributed by atoms with E-state index in [-0.39, 0.29) is 6.04 Å². The molecule has 0 aromatic heterocycles. The summed E-state index contributed by atoms with van der Waals surface area (Å²) >= 11 is 0. The fourth-order valence-electron chi connectivity index (χ4n) is 3.14. The number of nitrogens with zero attached hydrogens (tertiary/aromatic N) is 1. The molecule has 0 saturated heterocycles. The maximum absolute atomic E-state index is 8.67. The number of anilines is 2. The molecule has 0 heterocycles. The van der Waals surface area contributed by atoms with Gasteiger partial charge in [-0.3, -0.25) is 5.41 Å². The Balaban J connectivity index is 1.96. The van der Waals surface area contributed by atoms with E-state index < -0.39 is 0 Å². The molecule has 2 N–H and O–H groups in total. The first kappa shape index (κ1) is 17.0. The number of rotatable bonds is 4. The van der Waals surface area contributed by atoms with Gasteiger partial charge < -0.3 is 10.2 Å². The minimum Gasteiger partial charge on any atom is -0.326 e. The van der Waals surface area contributed by atoms with Crippen molar-refractivity contribution in [3.63, 3.8) is 0 Å². The molecule has 0 aliphatic rings. The first-order chi connectivity index (χ1) is 12.1. The largest absolute Gasteiger partial charge is 0.326 e. The van der Waals surface area contributed by atoms with E-state index in [0.29, 0.717) is 5.96 Å². The summed E-state index contributed by atoms with van der Waals surface area (Å²) in [5, 5.41) is 14.3. The highest BCUT2D eigenvalue weighted by molar-refractivity contribution is 6.09.